The van der Waals surface area contributed by atoms with Gasteiger partial charge in [-0.3, -0.25) is 9.59 Å². The van der Waals surface area contributed by atoms with Crippen LogP contribution in [0.3, 0.4) is 0 Å². The number of rotatable bonds is 7. The van der Waals surface area contributed by atoms with Crippen LogP contribution in [0.4, 0.5) is 0 Å². The number of piperidine rings is 1. The molecule has 0 bridgehead atoms. The van der Waals surface area contributed by atoms with Gasteiger partial charge in [-0.25, -0.2) is 0 Å². The van der Waals surface area contributed by atoms with Gasteiger partial charge >= 0.3 is 0 Å². The van der Waals surface area contributed by atoms with Crippen molar-refractivity contribution in [2.24, 2.45) is 5.92 Å². The van der Waals surface area contributed by atoms with Crippen molar-refractivity contribution < 1.29 is 19.1 Å². The zero-order valence-corrected chi connectivity index (χ0v) is 18.1. The first kappa shape index (κ1) is 22.3. The van der Waals surface area contributed by atoms with Crippen molar-refractivity contribution >= 4 is 17.6 Å². The first-order valence-electron chi connectivity index (χ1n) is 10.9. The first-order chi connectivity index (χ1) is 14.4. The molecule has 0 radical (unpaired) electrons. The van der Waals surface area contributed by atoms with Crippen molar-refractivity contribution in [1.82, 2.24) is 14.7 Å². The van der Waals surface area contributed by atoms with E-state index in [2.05, 4.69) is 11.9 Å². The van der Waals surface area contributed by atoms with Crippen LogP contribution in [0.15, 0.2) is 24.3 Å². The summed E-state index contributed by atoms with van der Waals surface area (Å²) in [6.45, 7) is 6.27. The molecule has 0 aliphatic carbocycles. The summed E-state index contributed by atoms with van der Waals surface area (Å²) in [5, 5.41) is 0. The van der Waals surface area contributed by atoms with Crippen LogP contribution in [0, 0.1) is 5.92 Å². The van der Waals surface area contributed by atoms with E-state index < -0.39 is 0 Å². The molecule has 7 nitrogen and oxygen atoms in total. The van der Waals surface area contributed by atoms with E-state index in [-0.39, 0.29) is 30.1 Å². The van der Waals surface area contributed by atoms with Gasteiger partial charge in [0.25, 0.3) is 5.91 Å². The molecule has 2 aliphatic heterocycles. The average molecular weight is 416 g/mol. The van der Waals surface area contributed by atoms with Gasteiger partial charge in [0.1, 0.15) is 11.5 Å². The Morgan fingerprint density at radius 3 is 2.17 bits per heavy atom. The smallest absolute Gasteiger partial charge is 0.260 e. The fourth-order valence-electron chi connectivity index (χ4n) is 3.97. The van der Waals surface area contributed by atoms with E-state index in [1.807, 2.05) is 29.2 Å². The van der Waals surface area contributed by atoms with Crippen molar-refractivity contribution in [2.45, 2.75) is 32.6 Å². The minimum absolute atomic E-state index is 0.00383. The molecule has 3 rings (SSSR count). The van der Waals surface area contributed by atoms with Crippen LogP contribution in [-0.2, 0) is 20.8 Å². The van der Waals surface area contributed by atoms with E-state index in [4.69, 9.17) is 4.74 Å². The molecule has 2 heterocycles. The van der Waals surface area contributed by atoms with Gasteiger partial charge in [0.15, 0.2) is 6.61 Å². The van der Waals surface area contributed by atoms with Crippen LogP contribution in [0.2, 0.25) is 0 Å². The number of aryl methyl sites for hydroxylation is 1. The standard InChI is InChI=1S/C23H33N3O4/c1-18(27)3-4-19-5-7-21(8-6-19)30-17-22(28)25-11-9-20(10-12-25)23(29)26-15-13-24(2)14-16-26/h5-8,20H,3-4,9-17H2,1-2H3. The highest BCUT2D eigenvalue weighted by Gasteiger charge is 2.31. The van der Waals surface area contributed by atoms with Crippen molar-refractivity contribution in [1.29, 1.82) is 0 Å². The molecule has 2 amide bonds. The number of carbonyl (C=O) groups is 3. The number of likely N-dealkylation sites (tertiary alicyclic amines) is 1. The molecule has 0 atom stereocenters. The fraction of sp³-hybridized carbons (Fsp3) is 0.609. The molecule has 0 saturated carbocycles. The first-order valence-corrected chi connectivity index (χ1v) is 10.9. The van der Waals surface area contributed by atoms with Crippen LogP contribution in [0.5, 0.6) is 5.75 Å². The summed E-state index contributed by atoms with van der Waals surface area (Å²) in [6, 6.07) is 7.53. The Balaban J connectivity index is 1.39. The predicted molar refractivity (Wildman–Crippen MR) is 114 cm³/mol. The highest BCUT2D eigenvalue weighted by Crippen LogP contribution is 2.21. The number of benzene rings is 1. The minimum atomic E-state index is -0.0406. The predicted octanol–water partition coefficient (Wildman–Crippen LogP) is 1.60. The van der Waals surface area contributed by atoms with Gasteiger partial charge in [0, 0.05) is 51.6 Å². The Morgan fingerprint density at radius 2 is 1.57 bits per heavy atom. The van der Waals surface area contributed by atoms with E-state index in [9.17, 15) is 14.4 Å². The third-order valence-corrected chi connectivity index (χ3v) is 6.06. The number of amides is 2. The maximum atomic E-state index is 12.7. The molecule has 1 aromatic carbocycles. The molecule has 2 saturated heterocycles. The summed E-state index contributed by atoms with van der Waals surface area (Å²) in [5.74, 6) is 1.06. The molecular formula is C23H33N3O4. The van der Waals surface area contributed by atoms with E-state index in [0.29, 0.717) is 25.3 Å². The molecule has 0 aromatic heterocycles. The molecule has 30 heavy (non-hydrogen) atoms. The van der Waals surface area contributed by atoms with Crippen LogP contribution in [-0.4, -0.2) is 85.2 Å². The number of likely N-dealkylation sites (N-methyl/N-ethyl adjacent to an activating group) is 1. The maximum absolute atomic E-state index is 12.7. The number of ketones is 1. The third-order valence-electron chi connectivity index (χ3n) is 6.06. The van der Waals surface area contributed by atoms with Crippen molar-refractivity contribution in [3.63, 3.8) is 0 Å². The van der Waals surface area contributed by atoms with Crippen LogP contribution >= 0.6 is 0 Å². The summed E-state index contributed by atoms with van der Waals surface area (Å²) >= 11 is 0. The normalized spacial score (nSPS) is 18.3. The fourth-order valence-corrected chi connectivity index (χ4v) is 3.97. The molecule has 164 valence electrons. The van der Waals surface area contributed by atoms with E-state index >= 15 is 0 Å². The molecule has 0 N–H and O–H groups in total. The Kier molecular flexibility index (Phi) is 7.85. The van der Waals surface area contributed by atoms with Crippen molar-refractivity contribution in [3.05, 3.63) is 29.8 Å². The quantitative estimate of drug-likeness (QED) is 0.677. The van der Waals surface area contributed by atoms with Gasteiger partial charge in [-0.1, -0.05) is 12.1 Å². The second kappa shape index (κ2) is 10.6. The topological polar surface area (TPSA) is 70.2 Å². The second-order valence-electron chi connectivity index (χ2n) is 8.42. The SMILES string of the molecule is CC(=O)CCc1ccc(OCC(=O)N2CCC(C(=O)N3CCN(C)CC3)CC2)cc1. The Hall–Kier alpha value is -2.41. The number of carbonyl (C=O) groups excluding carboxylic acids is 3. The molecule has 7 heteroatoms. The number of piperazine rings is 1. The number of ether oxygens (including phenoxy) is 1. The second-order valence-corrected chi connectivity index (χ2v) is 8.42. The summed E-state index contributed by atoms with van der Waals surface area (Å²) in [5.41, 5.74) is 1.08. The van der Waals surface area contributed by atoms with Crippen LogP contribution in [0.1, 0.15) is 31.7 Å². The van der Waals surface area contributed by atoms with Gasteiger partial charge in [0.05, 0.1) is 0 Å². The number of nitrogens with zero attached hydrogens (tertiary/aromatic N) is 3. The molecule has 2 fully saturated rings. The summed E-state index contributed by atoms with van der Waals surface area (Å²) in [4.78, 5) is 42.3. The van der Waals surface area contributed by atoms with Crippen LogP contribution < -0.4 is 4.74 Å². The minimum Gasteiger partial charge on any atom is -0.484 e. The van der Waals surface area contributed by atoms with Gasteiger partial charge in [-0.15, -0.1) is 0 Å². The summed E-state index contributed by atoms with van der Waals surface area (Å²) in [7, 11) is 2.08. The highest BCUT2D eigenvalue weighted by molar-refractivity contribution is 5.81. The number of Topliss-reactive ketones (excluding diaryl/α,β-unsaturated/α-hetero) is 1. The average Bonchev–Trinajstić information content (AvgIpc) is 2.77. The summed E-state index contributed by atoms with van der Waals surface area (Å²) in [6.07, 6.45) is 2.70. The number of hydrogen-bond acceptors (Lipinski definition) is 5. The maximum Gasteiger partial charge on any atom is 0.260 e. The highest BCUT2D eigenvalue weighted by atomic mass is 16.5. The zero-order valence-electron chi connectivity index (χ0n) is 18.1. The Labute approximate surface area is 179 Å². The van der Waals surface area contributed by atoms with Gasteiger partial charge in [-0.2, -0.15) is 0 Å². The zero-order chi connectivity index (χ0) is 21.5. The lowest BCUT2D eigenvalue weighted by Gasteiger charge is -2.37. The lowest BCUT2D eigenvalue weighted by molar-refractivity contribution is -0.142. The summed E-state index contributed by atoms with van der Waals surface area (Å²) < 4.78 is 5.64. The van der Waals surface area contributed by atoms with Crippen LogP contribution in [0.25, 0.3) is 0 Å². The van der Waals surface area contributed by atoms with Gasteiger partial charge in [0.2, 0.25) is 5.91 Å². The van der Waals surface area contributed by atoms with Crippen molar-refractivity contribution in [3.8, 4) is 5.75 Å². The van der Waals surface area contributed by atoms with E-state index in [1.165, 1.54) is 0 Å². The van der Waals surface area contributed by atoms with Crippen molar-refractivity contribution in [2.75, 3.05) is 52.9 Å². The molecule has 2 aliphatic rings. The third kappa shape index (κ3) is 6.29. The molecule has 1 aromatic rings. The Morgan fingerprint density at radius 1 is 0.933 bits per heavy atom. The monoisotopic (exact) mass is 415 g/mol. The largest absolute Gasteiger partial charge is 0.484 e. The Bertz CT molecular complexity index is 733. The number of hydrogen-bond donors (Lipinski definition) is 0. The molecule has 0 unspecified atom stereocenters. The molecule has 0 spiro atoms. The van der Waals surface area contributed by atoms with E-state index in [1.54, 1.807) is 11.8 Å². The lowest BCUT2D eigenvalue weighted by Crippen LogP contribution is -2.51. The van der Waals surface area contributed by atoms with E-state index in [0.717, 1.165) is 51.0 Å². The van der Waals surface area contributed by atoms with Gasteiger partial charge in [-0.05, 0) is 50.9 Å². The molecular weight excluding hydrogens is 382 g/mol. The van der Waals surface area contributed by atoms with Gasteiger partial charge < -0.3 is 24.2 Å². The lowest BCUT2D eigenvalue weighted by atomic mass is 9.95.